The number of urea groups is 1. The van der Waals surface area contributed by atoms with E-state index >= 15 is 0 Å². The maximum atomic E-state index is 13.2. The lowest BCUT2D eigenvalue weighted by Gasteiger charge is -2.08. The molecule has 104 valence electrons. The molecule has 0 saturated carbocycles. The number of hydrogen-bond acceptors (Lipinski definition) is 3. The number of benzene rings is 1. The zero-order chi connectivity index (χ0) is 14.3. The first kappa shape index (κ1) is 14.7. The minimum absolute atomic E-state index is 0.0354. The quantitative estimate of drug-likeness (QED) is 0.722. The van der Waals surface area contributed by atoms with Crippen molar-refractivity contribution in [1.82, 2.24) is 10.6 Å². The fourth-order valence-electron chi connectivity index (χ4n) is 1.37. The maximum absolute atomic E-state index is 13.2. The van der Waals surface area contributed by atoms with Crippen molar-refractivity contribution in [2.45, 2.75) is 13.0 Å². The lowest BCUT2D eigenvalue weighted by atomic mass is 10.2. The molecule has 7 heteroatoms. The van der Waals surface area contributed by atoms with Crippen molar-refractivity contribution in [2.75, 3.05) is 13.7 Å². The van der Waals surface area contributed by atoms with E-state index in [4.69, 9.17) is 9.84 Å². The van der Waals surface area contributed by atoms with Gasteiger partial charge in [-0.2, -0.15) is 0 Å². The van der Waals surface area contributed by atoms with Crippen molar-refractivity contribution < 1.29 is 23.8 Å². The molecule has 0 bridgehead atoms. The Morgan fingerprint density at radius 3 is 2.68 bits per heavy atom. The third-order valence-corrected chi connectivity index (χ3v) is 2.24. The second-order valence-electron chi connectivity index (χ2n) is 3.75. The van der Waals surface area contributed by atoms with Gasteiger partial charge in [0.15, 0.2) is 0 Å². The average molecular weight is 270 g/mol. The van der Waals surface area contributed by atoms with Crippen LogP contribution in [0.4, 0.5) is 9.18 Å². The summed E-state index contributed by atoms with van der Waals surface area (Å²) >= 11 is 0. The van der Waals surface area contributed by atoms with Crippen LogP contribution in [-0.4, -0.2) is 30.8 Å². The highest BCUT2D eigenvalue weighted by atomic mass is 19.1. The van der Waals surface area contributed by atoms with Crippen molar-refractivity contribution in [3.05, 3.63) is 29.6 Å². The second kappa shape index (κ2) is 7.20. The fourth-order valence-corrected chi connectivity index (χ4v) is 1.37. The lowest BCUT2D eigenvalue weighted by molar-refractivity contribution is -0.136. The number of carbonyl (C=O) groups excluding carboxylic acids is 1. The summed E-state index contributed by atoms with van der Waals surface area (Å²) in [6.45, 7) is 0.153. The van der Waals surface area contributed by atoms with Crippen LogP contribution in [0.1, 0.15) is 12.0 Å². The molecule has 0 unspecified atom stereocenters. The smallest absolute Gasteiger partial charge is 0.315 e. The number of methoxy groups -OCH3 is 1. The molecule has 0 aliphatic carbocycles. The van der Waals surface area contributed by atoms with Gasteiger partial charge in [-0.25, -0.2) is 9.18 Å². The monoisotopic (exact) mass is 270 g/mol. The number of halogens is 1. The Balaban J connectivity index is 2.41. The molecule has 0 atom stereocenters. The number of rotatable bonds is 6. The van der Waals surface area contributed by atoms with E-state index in [1.54, 1.807) is 6.07 Å². The molecule has 1 aromatic carbocycles. The summed E-state index contributed by atoms with van der Waals surface area (Å²) in [5.74, 6) is -1.08. The summed E-state index contributed by atoms with van der Waals surface area (Å²) in [6, 6.07) is 3.60. The predicted octanol–water partition coefficient (Wildman–Crippen LogP) is 1.11. The van der Waals surface area contributed by atoms with Crippen LogP contribution in [0.15, 0.2) is 18.2 Å². The zero-order valence-corrected chi connectivity index (χ0v) is 10.4. The first-order valence-corrected chi connectivity index (χ1v) is 5.58. The molecule has 0 saturated heterocycles. The van der Waals surface area contributed by atoms with Crippen LogP contribution in [0.3, 0.4) is 0 Å². The number of nitrogens with one attached hydrogen (secondary N) is 2. The van der Waals surface area contributed by atoms with Crippen molar-refractivity contribution in [3.63, 3.8) is 0 Å². The third-order valence-electron chi connectivity index (χ3n) is 2.24. The van der Waals surface area contributed by atoms with Gasteiger partial charge in [-0.3, -0.25) is 4.79 Å². The van der Waals surface area contributed by atoms with E-state index < -0.39 is 17.8 Å². The van der Waals surface area contributed by atoms with Gasteiger partial charge in [0.2, 0.25) is 0 Å². The summed E-state index contributed by atoms with van der Waals surface area (Å²) in [5, 5.41) is 13.3. The Labute approximate surface area is 109 Å². The summed E-state index contributed by atoms with van der Waals surface area (Å²) in [6.07, 6.45) is -0.152. The van der Waals surface area contributed by atoms with Crippen molar-refractivity contribution in [3.8, 4) is 5.75 Å². The van der Waals surface area contributed by atoms with E-state index in [1.165, 1.54) is 19.2 Å². The number of aliphatic carboxylic acids is 1. The van der Waals surface area contributed by atoms with E-state index in [0.717, 1.165) is 0 Å². The van der Waals surface area contributed by atoms with Gasteiger partial charge < -0.3 is 20.5 Å². The van der Waals surface area contributed by atoms with Gasteiger partial charge in [0.25, 0.3) is 0 Å². The van der Waals surface area contributed by atoms with E-state index in [0.29, 0.717) is 11.3 Å². The van der Waals surface area contributed by atoms with Gasteiger partial charge in [0.05, 0.1) is 13.5 Å². The van der Waals surface area contributed by atoms with Gasteiger partial charge in [0.1, 0.15) is 11.6 Å². The maximum Gasteiger partial charge on any atom is 0.315 e. The summed E-state index contributed by atoms with van der Waals surface area (Å²) in [7, 11) is 1.42. The topological polar surface area (TPSA) is 87.7 Å². The summed E-state index contributed by atoms with van der Waals surface area (Å²) in [4.78, 5) is 21.5. The molecule has 3 N–H and O–H groups in total. The highest BCUT2D eigenvalue weighted by Crippen LogP contribution is 2.15. The highest BCUT2D eigenvalue weighted by Gasteiger charge is 2.04. The molecule has 6 nitrogen and oxygen atoms in total. The van der Waals surface area contributed by atoms with E-state index in [9.17, 15) is 14.0 Å². The van der Waals surface area contributed by atoms with Gasteiger partial charge in [-0.05, 0) is 17.7 Å². The van der Waals surface area contributed by atoms with Crippen LogP contribution in [0.5, 0.6) is 5.75 Å². The highest BCUT2D eigenvalue weighted by molar-refractivity contribution is 5.74. The van der Waals surface area contributed by atoms with Crippen LogP contribution < -0.4 is 15.4 Å². The number of carboxylic acid groups (broad SMARTS) is 1. The van der Waals surface area contributed by atoms with Crippen LogP contribution in [-0.2, 0) is 11.3 Å². The van der Waals surface area contributed by atoms with Crippen LogP contribution in [0, 0.1) is 5.82 Å². The number of amides is 2. The zero-order valence-electron chi connectivity index (χ0n) is 10.4. The average Bonchev–Trinajstić information content (AvgIpc) is 2.35. The van der Waals surface area contributed by atoms with Crippen LogP contribution in [0.25, 0.3) is 0 Å². The number of carboxylic acids is 1. The normalized spacial score (nSPS) is 9.79. The van der Waals surface area contributed by atoms with Crippen LogP contribution >= 0.6 is 0 Å². The number of hydrogen-bond donors (Lipinski definition) is 3. The summed E-state index contributed by atoms with van der Waals surface area (Å²) < 4.78 is 18.1. The number of ether oxygens (including phenoxy) is 1. The SMILES string of the molecule is COc1cc(F)cc(CNC(=O)NCCC(=O)O)c1. The number of carbonyl (C=O) groups is 2. The van der Waals surface area contributed by atoms with E-state index in [2.05, 4.69) is 10.6 Å². The van der Waals surface area contributed by atoms with E-state index in [1.807, 2.05) is 0 Å². The Morgan fingerprint density at radius 2 is 2.05 bits per heavy atom. The molecule has 2 amide bonds. The Morgan fingerprint density at radius 1 is 1.32 bits per heavy atom. The lowest BCUT2D eigenvalue weighted by Crippen LogP contribution is -2.36. The van der Waals surface area contributed by atoms with Crippen molar-refractivity contribution in [1.29, 1.82) is 0 Å². The molecule has 0 spiro atoms. The van der Waals surface area contributed by atoms with Gasteiger partial charge >= 0.3 is 12.0 Å². The second-order valence-corrected chi connectivity index (χ2v) is 3.75. The Kier molecular flexibility index (Phi) is 5.59. The molecule has 0 aliphatic heterocycles. The van der Waals surface area contributed by atoms with Crippen molar-refractivity contribution >= 4 is 12.0 Å². The molecule has 0 heterocycles. The first-order chi connectivity index (χ1) is 9.01. The van der Waals surface area contributed by atoms with Gasteiger partial charge in [-0.1, -0.05) is 0 Å². The molecule has 1 aromatic rings. The molecule has 19 heavy (non-hydrogen) atoms. The molecule has 1 rings (SSSR count). The molecule has 0 radical (unpaired) electrons. The van der Waals surface area contributed by atoms with E-state index in [-0.39, 0.29) is 19.5 Å². The van der Waals surface area contributed by atoms with Crippen LogP contribution in [0.2, 0.25) is 0 Å². The molecule has 0 aliphatic rings. The molecule has 0 fully saturated rings. The minimum atomic E-state index is -0.991. The molecule has 0 aromatic heterocycles. The Hall–Kier alpha value is -2.31. The molecular weight excluding hydrogens is 255 g/mol. The Bertz CT molecular complexity index is 465. The van der Waals surface area contributed by atoms with Gasteiger partial charge in [0, 0.05) is 19.2 Å². The largest absolute Gasteiger partial charge is 0.497 e. The summed E-state index contributed by atoms with van der Waals surface area (Å²) in [5.41, 5.74) is 0.547. The first-order valence-electron chi connectivity index (χ1n) is 5.58. The van der Waals surface area contributed by atoms with Gasteiger partial charge in [-0.15, -0.1) is 0 Å². The minimum Gasteiger partial charge on any atom is -0.497 e. The third kappa shape index (κ3) is 5.71. The fraction of sp³-hybridized carbons (Fsp3) is 0.333. The standard InChI is InChI=1S/C12H15FN2O4/c1-19-10-5-8(4-9(13)6-10)7-15-12(18)14-3-2-11(16)17/h4-6H,2-3,7H2,1H3,(H,16,17)(H2,14,15,18). The predicted molar refractivity (Wildman–Crippen MR) is 65.4 cm³/mol. The molecular formula is C12H15FN2O4. The van der Waals surface area contributed by atoms with Crippen molar-refractivity contribution in [2.24, 2.45) is 0 Å².